The van der Waals surface area contributed by atoms with Crippen LogP contribution in [0.3, 0.4) is 0 Å². The first-order chi connectivity index (χ1) is 10.0. The number of methoxy groups -OCH3 is 1. The van der Waals surface area contributed by atoms with Crippen molar-refractivity contribution in [2.45, 2.75) is 6.61 Å². The maximum Gasteiger partial charge on any atom is 0.148 e. The van der Waals surface area contributed by atoms with Crippen molar-refractivity contribution < 1.29 is 9.47 Å². The summed E-state index contributed by atoms with van der Waals surface area (Å²) in [6, 6.07) is 11.3. The molecule has 6 heteroatoms. The van der Waals surface area contributed by atoms with E-state index in [9.17, 15) is 0 Å². The lowest BCUT2D eigenvalue weighted by atomic mass is 10.1. The molecule has 0 atom stereocenters. The van der Waals surface area contributed by atoms with Gasteiger partial charge in [-0.15, -0.1) is 0 Å². The van der Waals surface area contributed by atoms with Crippen LogP contribution in [0.25, 0.3) is 0 Å². The van der Waals surface area contributed by atoms with E-state index in [1.807, 2.05) is 18.2 Å². The lowest BCUT2D eigenvalue weighted by Crippen LogP contribution is -1.98. The third-order valence-electron chi connectivity index (χ3n) is 2.73. The molecule has 0 unspecified atom stereocenters. The number of benzene rings is 2. The van der Waals surface area contributed by atoms with Crippen molar-refractivity contribution in [2.75, 3.05) is 7.11 Å². The minimum Gasteiger partial charge on any atom is -0.495 e. The van der Waals surface area contributed by atoms with Gasteiger partial charge in [-0.1, -0.05) is 22.0 Å². The molecule has 3 nitrogen and oxygen atoms in total. The van der Waals surface area contributed by atoms with Crippen LogP contribution in [0.5, 0.6) is 11.5 Å². The summed E-state index contributed by atoms with van der Waals surface area (Å²) in [5.41, 5.74) is 1.43. The molecule has 0 amide bonds. The molecule has 2 rings (SSSR count). The molecule has 0 saturated carbocycles. The van der Waals surface area contributed by atoms with Gasteiger partial charge in [0.15, 0.2) is 0 Å². The van der Waals surface area contributed by atoms with Gasteiger partial charge in [0, 0.05) is 4.47 Å². The van der Waals surface area contributed by atoms with E-state index < -0.39 is 0 Å². The van der Waals surface area contributed by atoms with Gasteiger partial charge < -0.3 is 9.47 Å². The highest BCUT2D eigenvalue weighted by Crippen LogP contribution is 2.37. The molecule has 0 saturated heterocycles. The number of hydrogen-bond acceptors (Lipinski definition) is 3. The number of hydrogen-bond donors (Lipinski definition) is 0. The molecular formula is C15H10Br3NO2. The van der Waals surface area contributed by atoms with Crippen LogP contribution in [0.15, 0.2) is 43.7 Å². The van der Waals surface area contributed by atoms with Crippen molar-refractivity contribution in [1.82, 2.24) is 0 Å². The zero-order valence-corrected chi connectivity index (χ0v) is 15.7. The fraction of sp³-hybridized carbons (Fsp3) is 0.133. The third-order valence-corrected chi connectivity index (χ3v) is 4.37. The zero-order valence-electron chi connectivity index (χ0n) is 11.0. The van der Waals surface area contributed by atoms with Gasteiger partial charge in [-0.2, -0.15) is 5.26 Å². The number of rotatable bonds is 4. The largest absolute Gasteiger partial charge is 0.495 e. The van der Waals surface area contributed by atoms with E-state index in [1.54, 1.807) is 19.2 Å². The molecule has 0 bridgehead atoms. The molecule has 0 radical (unpaired) electrons. The van der Waals surface area contributed by atoms with E-state index >= 15 is 0 Å². The van der Waals surface area contributed by atoms with Gasteiger partial charge in [0.1, 0.15) is 24.2 Å². The summed E-state index contributed by atoms with van der Waals surface area (Å²) in [5.74, 6) is 1.27. The van der Waals surface area contributed by atoms with Gasteiger partial charge in [0.2, 0.25) is 0 Å². The minimum atomic E-state index is 0.376. The Morgan fingerprint density at radius 2 is 1.76 bits per heavy atom. The fourth-order valence-electron chi connectivity index (χ4n) is 1.74. The number of ether oxygens (including phenoxy) is 2. The summed E-state index contributed by atoms with van der Waals surface area (Å²) >= 11 is 10.4. The first-order valence-electron chi connectivity index (χ1n) is 5.89. The molecule has 0 fully saturated rings. The third kappa shape index (κ3) is 4.00. The number of nitriles is 1. The SMILES string of the molecule is COc1cc(COc2c(Br)cc(Br)cc2Br)ccc1C#N. The normalized spacial score (nSPS) is 10.0. The van der Waals surface area contributed by atoms with Crippen molar-refractivity contribution in [2.24, 2.45) is 0 Å². The minimum absolute atomic E-state index is 0.376. The van der Waals surface area contributed by atoms with Crippen molar-refractivity contribution in [3.05, 3.63) is 54.9 Å². The summed E-state index contributed by atoms with van der Waals surface area (Å²) in [6.45, 7) is 0.376. The van der Waals surface area contributed by atoms with E-state index in [4.69, 9.17) is 14.7 Å². The van der Waals surface area contributed by atoms with Crippen molar-refractivity contribution in [3.8, 4) is 17.6 Å². The van der Waals surface area contributed by atoms with Gasteiger partial charge in [-0.25, -0.2) is 0 Å². The van der Waals surface area contributed by atoms with E-state index in [-0.39, 0.29) is 0 Å². The van der Waals surface area contributed by atoms with Crippen LogP contribution in [0.1, 0.15) is 11.1 Å². The van der Waals surface area contributed by atoms with Gasteiger partial charge in [0.05, 0.1) is 21.6 Å². The fourth-order valence-corrected chi connectivity index (χ4v) is 4.23. The smallest absolute Gasteiger partial charge is 0.148 e. The second-order valence-corrected chi connectivity index (χ2v) is 6.76. The maximum atomic E-state index is 8.97. The average Bonchev–Trinajstić information content (AvgIpc) is 2.45. The molecule has 0 aliphatic heterocycles. The second kappa shape index (κ2) is 7.30. The Balaban J connectivity index is 2.19. The van der Waals surface area contributed by atoms with Crippen LogP contribution in [0.2, 0.25) is 0 Å². The Morgan fingerprint density at radius 3 is 2.33 bits per heavy atom. The van der Waals surface area contributed by atoms with E-state index in [1.165, 1.54) is 0 Å². The van der Waals surface area contributed by atoms with E-state index in [0.717, 1.165) is 24.7 Å². The molecule has 0 heterocycles. The van der Waals surface area contributed by atoms with Crippen LogP contribution >= 0.6 is 47.8 Å². The average molecular weight is 476 g/mol. The molecule has 108 valence electrons. The lowest BCUT2D eigenvalue weighted by Gasteiger charge is -2.12. The highest BCUT2D eigenvalue weighted by atomic mass is 79.9. The predicted octanol–water partition coefficient (Wildman–Crippen LogP) is 5.43. The summed E-state index contributed by atoms with van der Waals surface area (Å²) in [6.07, 6.45) is 0. The van der Waals surface area contributed by atoms with Crippen molar-refractivity contribution in [3.63, 3.8) is 0 Å². The Hall–Kier alpha value is -1.03. The maximum absolute atomic E-state index is 8.97. The Kier molecular flexibility index (Phi) is 5.68. The topological polar surface area (TPSA) is 42.2 Å². The zero-order chi connectivity index (χ0) is 15.4. The molecule has 0 spiro atoms. The molecule has 0 aromatic heterocycles. The Labute approximate surface area is 148 Å². The van der Waals surface area contributed by atoms with E-state index in [0.29, 0.717) is 17.9 Å². The van der Waals surface area contributed by atoms with Crippen LogP contribution < -0.4 is 9.47 Å². The molecule has 0 N–H and O–H groups in total. The standard InChI is InChI=1S/C15H10Br3NO2/c1-20-14-4-9(2-3-10(14)7-19)8-21-15-12(17)5-11(16)6-13(15)18/h2-6H,8H2,1H3. The van der Waals surface area contributed by atoms with Crippen LogP contribution in [-0.2, 0) is 6.61 Å². The molecular weight excluding hydrogens is 466 g/mol. The quantitative estimate of drug-likeness (QED) is 0.592. The summed E-state index contributed by atoms with van der Waals surface area (Å²) < 4.78 is 13.7. The lowest BCUT2D eigenvalue weighted by molar-refractivity contribution is 0.301. The Morgan fingerprint density at radius 1 is 1.10 bits per heavy atom. The van der Waals surface area contributed by atoms with Gasteiger partial charge in [-0.05, 0) is 61.7 Å². The molecule has 2 aromatic rings. The van der Waals surface area contributed by atoms with Crippen molar-refractivity contribution >= 4 is 47.8 Å². The van der Waals surface area contributed by atoms with Crippen LogP contribution in [0.4, 0.5) is 0 Å². The van der Waals surface area contributed by atoms with E-state index in [2.05, 4.69) is 53.9 Å². The molecule has 0 aliphatic rings. The van der Waals surface area contributed by atoms with Gasteiger partial charge >= 0.3 is 0 Å². The summed E-state index contributed by atoms with van der Waals surface area (Å²) in [5, 5.41) is 8.97. The molecule has 2 aromatic carbocycles. The number of nitrogens with zero attached hydrogens (tertiary/aromatic N) is 1. The summed E-state index contributed by atoms with van der Waals surface area (Å²) in [4.78, 5) is 0. The first kappa shape index (κ1) is 16.3. The Bertz CT molecular complexity index is 688. The number of halogens is 3. The monoisotopic (exact) mass is 473 g/mol. The van der Waals surface area contributed by atoms with Crippen LogP contribution in [-0.4, -0.2) is 7.11 Å². The predicted molar refractivity (Wildman–Crippen MR) is 91.6 cm³/mol. The summed E-state index contributed by atoms with van der Waals surface area (Å²) in [7, 11) is 1.54. The highest BCUT2D eigenvalue weighted by Gasteiger charge is 2.10. The molecule has 0 aliphatic carbocycles. The van der Waals surface area contributed by atoms with Crippen LogP contribution in [0, 0.1) is 11.3 Å². The van der Waals surface area contributed by atoms with Gasteiger partial charge in [0.25, 0.3) is 0 Å². The van der Waals surface area contributed by atoms with Crippen molar-refractivity contribution in [1.29, 1.82) is 5.26 Å². The second-order valence-electron chi connectivity index (χ2n) is 4.13. The molecule has 21 heavy (non-hydrogen) atoms. The first-order valence-corrected chi connectivity index (χ1v) is 8.27. The highest BCUT2D eigenvalue weighted by molar-refractivity contribution is 9.11. The van der Waals surface area contributed by atoms with Gasteiger partial charge in [-0.3, -0.25) is 0 Å².